The smallest absolute Gasteiger partial charge is 0.183 e. The molecular weight excluding hydrogens is 324 g/mol. The van der Waals surface area contributed by atoms with Crippen LogP contribution in [0.3, 0.4) is 0 Å². The number of rotatable bonds is 3. The van der Waals surface area contributed by atoms with Crippen LogP contribution in [0.2, 0.25) is 19.5 Å². The molecule has 0 saturated heterocycles. The van der Waals surface area contributed by atoms with Gasteiger partial charge in [0.15, 0.2) is 10.2 Å². The fourth-order valence-electron chi connectivity index (χ4n) is 1.16. The third-order valence-corrected chi connectivity index (χ3v) is 3.72. The molecule has 0 aliphatic rings. The van der Waals surface area contributed by atoms with Gasteiger partial charge in [0.25, 0.3) is 0 Å². The van der Waals surface area contributed by atoms with Crippen molar-refractivity contribution >= 4 is 57.7 Å². The zero-order valence-electron chi connectivity index (χ0n) is 8.21. The topological polar surface area (TPSA) is 22.1 Å². The van der Waals surface area contributed by atoms with Crippen LogP contribution in [0, 0.1) is 0 Å². The third kappa shape index (κ3) is 3.39. The molecule has 1 heterocycles. The van der Waals surface area contributed by atoms with E-state index >= 15 is 0 Å². The summed E-state index contributed by atoms with van der Waals surface area (Å²) in [5.74, 6) is 0.405. The Morgan fingerprint density at radius 2 is 1.76 bits per heavy atom. The Balaban J connectivity index is 2.14. The lowest BCUT2D eigenvalue weighted by Gasteiger charge is -2.08. The molecule has 0 aliphatic carbocycles. The van der Waals surface area contributed by atoms with Crippen molar-refractivity contribution in [2.24, 2.45) is 0 Å². The van der Waals surface area contributed by atoms with Crippen molar-refractivity contribution in [3.05, 3.63) is 42.7 Å². The highest BCUT2D eigenvalue weighted by Gasteiger charge is 2.10. The number of benzene rings is 1. The van der Waals surface area contributed by atoms with E-state index in [1.165, 1.54) is 11.3 Å². The Hall–Kier alpha value is -0.190. The molecule has 0 aliphatic heterocycles. The summed E-state index contributed by atoms with van der Waals surface area (Å²) < 4.78 is 5.98. The summed E-state index contributed by atoms with van der Waals surface area (Å²) in [6, 6.07) is 3.15. The third-order valence-electron chi connectivity index (χ3n) is 1.85. The van der Waals surface area contributed by atoms with Gasteiger partial charge >= 0.3 is 0 Å². The second kappa shape index (κ2) is 5.63. The summed E-state index contributed by atoms with van der Waals surface area (Å²) in [4.78, 5) is 4.79. The Kier molecular flexibility index (Phi) is 4.39. The first-order valence-corrected chi connectivity index (χ1v) is 6.76. The van der Waals surface area contributed by atoms with E-state index in [2.05, 4.69) is 4.98 Å². The van der Waals surface area contributed by atoms with E-state index in [-0.39, 0.29) is 0 Å². The van der Waals surface area contributed by atoms with Crippen LogP contribution in [0.15, 0.2) is 18.3 Å². The minimum Gasteiger partial charge on any atom is -0.485 e. The maximum atomic E-state index is 5.97. The maximum Gasteiger partial charge on any atom is 0.183 e. The zero-order valence-corrected chi connectivity index (χ0v) is 12.1. The number of ether oxygens (including phenoxy) is 1. The SMILES string of the molecule is Clc1cc(Cl)c(OCc2cnc(Cl)s2)c(Cl)c1. The molecule has 0 atom stereocenters. The molecule has 0 radical (unpaired) electrons. The van der Waals surface area contributed by atoms with Crippen molar-refractivity contribution in [3.63, 3.8) is 0 Å². The highest BCUT2D eigenvalue weighted by molar-refractivity contribution is 7.15. The van der Waals surface area contributed by atoms with Gasteiger partial charge in [0.05, 0.1) is 14.9 Å². The molecule has 0 saturated carbocycles. The molecule has 90 valence electrons. The molecule has 0 N–H and O–H groups in total. The predicted molar refractivity (Wildman–Crippen MR) is 72.9 cm³/mol. The van der Waals surface area contributed by atoms with E-state index in [1.807, 2.05) is 0 Å². The van der Waals surface area contributed by atoms with E-state index < -0.39 is 0 Å². The number of hydrogen-bond donors (Lipinski definition) is 0. The van der Waals surface area contributed by atoms with Crippen LogP contribution in [0.25, 0.3) is 0 Å². The first kappa shape index (κ1) is 13.2. The molecule has 0 unspecified atom stereocenters. The number of thiazole rings is 1. The van der Waals surface area contributed by atoms with Crippen LogP contribution in [0.4, 0.5) is 0 Å². The quantitative estimate of drug-likeness (QED) is 0.759. The number of hydrogen-bond acceptors (Lipinski definition) is 3. The minimum absolute atomic E-state index is 0.311. The lowest BCUT2D eigenvalue weighted by molar-refractivity contribution is 0.310. The summed E-state index contributed by atoms with van der Waals surface area (Å²) >= 11 is 24.8. The van der Waals surface area contributed by atoms with Gasteiger partial charge in [0.1, 0.15) is 6.61 Å². The van der Waals surface area contributed by atoms with Crippen molar-refractivity contribution in [3.8, 4) is 5.75 Å². The molecule has 7 heteroatoms. The predicted octanol–water partition coefficient (Wildman–Crippen LogP) is 5.34. The Labute approximate surface area is 122 Å². The summed E-state index contributed by atoms with van der Waals surface area (Å²) in [6.07, 6.45) is 1.64. The molecule has 1 aromatic heterocycles. The van der Waals surface area contributed by atoms with E-state index in [1.54, 1.807) is 18.3 Å². The van der Waals surface area contributed by atoms with Crippen LogP contribution in [0.1, 0.15) is 4.88 Å². The van der Waals surface area contributed by atoms with Crippen molar-refractivity contribution in [2.75, 3.05) is 0 Å². The highest BCUT2D eigenvalue weighted by Crippen LogP contribution is 2.36. The molecule has 2 aromatic rings. The van der Waals surface area contributed by atoms with Crippen LogP contribution in [-0.2, 0) is 6.61 Å². The van der Waals surface area contributed by atoms with Crippen LogP contribution in [0.5, 0.6) is 5.75 Å². The van der Waals surface area contributed by atoms with Gasteiger partial charge in [-0.15, -0.1) is 11.3 Å². The van der Waals surface area contributed by atoms with E-state index in [4.69, 9.17) is 51.1 Å². The molecule has 1 aromatic carbocycles. The number of nitrogens with zero attached hydrogens (tertiary/aromatic N) is 1. The van der Waals surface area contributed by atoms with Gasteiger partial charge in [-0.05, 0) is 12.1 Å². The van der Waals surface area contributed by atoms with Crippen molar-refractivity contribution in [2.45, 2.75) is 6.61 Å². The summed E-state index contributed by atoms with van der Waals surface area (Å²) in [6.45, 7) is 0.311. The summed E-state index contributed by atoms with van der Waals surface area (Å²) in [5.41, 5.74) is 0. The normalized spacial score (nSPS) is 10.6. The molecule has 0 fully saturated rings. The van der Waals surface area contributed by atoms with Crippen LogP contribution >= 0.6 is 57.7 Å². The van der Waals surface area contributed by atoms with Crippen molar-refractivity contribution in [1.29, 1.82) is 0 Å². The van der Waals surface area contributed by atoms with E-state index in [9.17, 15) is 0 Å². The Morgan fingerprint density at radius 3 is 2.29 bits per heavy atom. The van der Waals surface area contributed by atoms with Crippen molar-refractivity contribution in [1.82, 2.24) is 4.98 Å². The van der Waals surface area contributed by atoms with Gasteiger partial charge in [-0.1, -0.05) is 46.4 Å². The second-order valence-electron chi connectivity index (χ2n) is 3.07. The van der Waals surface area contributed by atoms with Gasteiger partial charge in [0.2, 0.25) is 0 Å². The minimum atomic E-state index is 0.311. The second-order valence-corrected chi connectivity index (χ2v) is 6.01. The molecule has 0 amide bonds. The summed E-state index contributed by atoms with van der Waals surface area (Å²) in [7, 11) is 0. The molecule has 0 spiro atoms. The molecule has 0 bridgehead atoms. The first-order chi connectivity index (χ1) is 8.06. The lowest BCUT2D eigenvalue weighted by atomic mass is 10.3. The molecule has 2 rings (SSSR count). The lowest BCUT2D eigenvalue weighted by Crippen LogP contribution is -1.94. The largest absolute Gasteiger partial charge is 0.485 e. The van der Waals surface area contributed by atoms with E-state index in [0.717, 1.165) is 4.88 Å². The van der Waals surface area contributed by atoms with Gasteiger partial charge < -0.3 is 4.74 Å². The number of halogens is 4. The monoisotopic (exact) mass is 327 g/mol. The first-order valence-electron chi connectivity index (χ1n) is 4.44. The number of aromatic nitrogens is 1. The maximum absolute atomic E-state index is 5.97. The fraction of sp³-hybridized carbons (Fsp3) is 0.100. The van der Waals surface area contributed by atoms with Gasteiger partial charge in [-0.2, -0.15) is 0 Å². The Morgan fingerprint density at radius 1 is 1.12 bits per heavy atom. The fourth-order valence-corrected chi connectivity index (χ4v) is 2.98. The van der Waals surface area contributed by atoms with Gasteiger partial charge in [-0.3, -0.25) is 0 Å². The zero-order chi connectivity index (χ0) is 12.4. The van der Waals surface area contributed by atoms with Gasteiger partial charge in [-0.25, -0.2) is 4.98 Å². The standard InChI is InChI=1S/C10H5Cl4NOS/c11-5-1-7(12)9(8(13)2-5)16-4-6-3-15-10(14)17-6/h1-3H,4H2. The van der Waals surface area contributed by atoms with Crippen LogP contribution in [-0.4, -0.2) is 4.98 Å². The molecule has 2 nitrogen and oxygen atoms in total. The molecular formula is C10H5Cl4NOS. The van der Waals surface area contributed by atoms with Crippen molar-refractivity contribution < 1.29 is 4.74 Å². The van der Waals surface area contributed by atoms with Crippen LogP contribution < -0.4 is 4.74 Å². The van der Waals surface area contributed by atoms with Gasteiger partial charge in [0, 0.05) is 11.2 Å². The average Bonchev–Trinajstić information content (AvgIpc) is 2.62. The Bertz CT molecular complexity index is 520. The average molecular weight is 329 g/mol. The summed E-state index contributed by atoms with van der Waals surface area (Å²) in [5, 5.41) is 1.21. The highest BCUT2D eigenvalue weighted by atomic mass is 35.5. The molecule has 17 heavy (non-hydrogen) atoms. The van der Waals surface area contributed by atoms with E-state index in [0.29, 0.717) is 31.9 Å².